The number of aryl methyl sites for hydroxylation is 2. The number of methoxy groups -OCH3 is 1. The molecule has 0 saturated carbocycles. The van der Waals surface area contributed by atoms with Gasteiger partial charge in [-0.1, -0.05) is 63.2 Å². The van der Waals surface area contributed by atoms with E-state index in [0.717, 1.165) is 27.8 Å². The average Bonchev–Trinajstić information content (AvgIpc) is 3.13. The summed E-state index contributed by atoms with van der Waals surface area (Å²) in [6.45, 7) is 12.8. The number of ether oxygens (including phenoxy) is 2. The molecular formula is C33H37NO5. The highest BCUT2D eigenvalue weighted by Crippen LogP contribution is 2.43. The third-order valence-electron chi connectivity index (χ3n) is 7.07. The minimum Gasteiger partial charge on any atom is -0.507 e. The van der Waals surface area contributed by atoms with Gasteiger partial charge in [-0.15, -0.1) is 0 Å². The van der Waals surface area contributed by atoms with Crippen LogP contribution in [0.15, 0.2) is 66.2 Å². The van der Waals surface area contributed by atoms with Gasteiger partial charge in [-0.3, -0.25) is 9.59 Å². The number of carbonyl (C=O) groups excluding carboxylic acids is 2. The van der Waals surface area contributed by atoms with Crippen LogP contribution in [0, 0.1) is 13.8 Å². The number of benzene rings is 3. The standard InChI is InChI=1S/C33H37NO5/c1-8-39-25-11-9-10-22(18-25)19-34-28(23-12-14-24(15-13-23)33(4,5)6)27(30(36)32(34)37)29(35)26-17-20(2)16-21(3)31(26)38-7/h9-18,28,35H,8,19H2,1-7H3/b29-27+. The van der Waals surface area contributed by atoms with E-state index in [-0.39, 0.29) is 23.3 Å². The van der Waals surface area contributed by atoms with Crippen molar-refractivity contribution in [1.29, 1.82) is 0 Å². The quantitative estimate of drug-likeness (QED) is 0.212. The van der Waals surface area contributed by atoms with E-state index in [1.165, 1.54) is 12.0 Å². The molecule has 6 heteroatoms. The van der Waals surface area contributed by atoms with Crippen LogP contribution in [0.3, 0.4) is 0 Å². The van der Waals surface area contributed by atoms with Crippen molar-refractivity contribution in [1.82, 2.24) is 4.90 Å². The predicted molar refractivity (Wildman–Crippen MR) is 153 cm³/mol. The first-order chi connectivity index (χ1) is 18.5. The summed E-state index contributed by atoms with van der Waals surface area (Å²) in [5.41, 5.74) is 4.80. The first kappa shape index (κ1) is 28.0. The molecule has 1 aliphatic heterocycles. The molecule has 39 heavy (non-hydrogen) atoms. The van der Waals surface area contributed by atoms with Crippen LogP contribution in [0.1, 0.15) is 67.1 Å². The molecule has 204 valence electrons. The molecule has 1 atom stereocenters. The Morgan fingerprint density at radius 2 is 1.69 bits per heavy atom. The molecule has 6 nitrogen and oxygen atoms in total. The summed E-state index contributed by atoms with van der Waals surface area (Å²) in [7, 11) is 1.53. The summed E-state index contributed by atoms with van der Waals surface area (Å²) in [4.78, 5) is 28.7. The monoisotopic (exact) mass is 527 g/mol. The molecule has 1 aliphatic rings. The molecule has 0 radical (unpaired) electrons. The van der Waals surface area contributed by atoms with Crippen LogP contribution in [0.4, 0.5) is 0 Å². The Bertz CT molecular complexity index is 1430. The van der Waals surface area contributed by atoms with Crippen molar-refractivity contribution < 1.29 is 24.2 Å². The van der Waals surface area contributed by atoms with Crippen LogP contribution >= 0.6 is 0 Å². The number of hydrogen-bond acceptors (Lipinski definition) is 5. The van der Waals surface area contributed by atoms with Crippen molar-refractivity contribution in [2.24, 2.45) is 0 Å². The van der Waals surface area contributed by atoms with Crippen LogP contribution < -0.4 is 9.47 Å². The highest BCUT2D eigenvalue weighted by atomic mass is 16.5. The summed E-state index contributed by atoms with van der Waals surface area (Å²) < 4.78 is 11.3. The molecule has 0 bridgehead atoms. The SMILES string of the molecule is CCOc1cccc(CN2C(=O)C(=O)/C(=C(/O)c3cc(C)cc(C)c3OC)C2c2ccc(C(C)(C)C)cc2)c1. The number of aliphatic hydroxyl groups excluding tert-OH is 1. The van der Waals surface area contributed by atoms with Crippen LogP contribution in [-0.2, 0) is 21.5 Å². The molecule has 3 aromatic carbocycles. The van der Waals surface area contributed by atoms with Gasteiger partial charge in [0.05, 0.1) is 30.9 Å². The number of hydrogen-bond donors (Lipinski definition) is 1. The maximum atomic E-state index is 13.6. The van der Waals surface area contributed by atoms with Crippen LogP contribution in [0.25, 0.3) is 5.76 Å². The van der Waals surface area contributed by atoms with Gasteiger partial charge in [-0.05, 0) is 72.2 Å². The summed E-state index contributed by atoms with van der Waals surface area (Å²) in [6.07, 6.45) is 0. The van der Waals surface area contributed by atoms with E-state index in [1.54, 1.807) is 6.07 Å². The molecule has 1 N–H and O–H groups in total. The molecule has 0 spiro atoms. The zero-order valence-corrected chi connectivity index (χ0v) is 23.8. The lowest BCUT2D eigenvalue weighted by atomic mass is 9.85. The molecule has 4 rings (SSSR count). The number of amides is 1. The van der Waals surface area contributed by atoms with E-state index in [1.807, 2.05) is 75.4 Å². The fourth-order valence-electron chi connectivity index (χ4n) is 5.20. The van der Waals surface area contributed by atoms with Crippen LogP contribution in [0.2, 0.25) is 0 Å². The highest BCUT2D eigenvalue weighted by molar-refractivity contribution is 6.46. The Balaban J connectivity index is 1.90. The van der Waals surface area contributed by atoms with Gasteiger partial charge in [-0.25, -0.2) is 0 Å². The summed E-state index contributed by atoms with van der Waals surface area (Å²) >= 11 is 0. The Kier molecular flexibility index (Phi) is 7.86. The van der Waals surface area contributed by atoms with Gasteiger partial charge in [0.1, 0.15) is 17.3 Å². The zero-order chi connectivity index (χ0) is 28.5. The van der Waals surface area contributed by atoms with Crippen molar-refractivity contribution in [2.75, 3.05) is 13.7 Å². The Labute approximate surface area is 230 Å². The minimum atomic E-state index is -0.778. The zero-order valence-electron chi connectivity index (χ0n) is 23.8. The molecule has 3 aromatic rings. The Hall–Kier alpha value is -4.06. The number of aliphatic hydroxyl groups is 1. The lowest BCUT2D eigenvalue weighted by molar-refractivity contribution is -0.140. The molecule has 0 aromatic heterocycles. The van der Waals surface area contributed by atoms with Gasteiger partial charge in [0.25, 0.3) is 11.7 Å². The number of Topliss-reactive ketones (excluding diaryl/α,β-unsaturated/α-hetero) is 1. The number of likely N-dealkylation sites (tertiary alicyclic amines) is 1. The number of nitrogens with zero attached hydrogens (tertiary/aromatic N) is 1. The van der Waals surface area contributed by atoms with Crippen molar-refractivity contribution in [2.45, 2.75) is 59.5 Å². The molecule has 0 aliphatic carbocycles. The lowest BCUT2D eigenvalue weighted by Gasteiger charge is -2.27. The molecular weight excluding hydrogens is 490 g/mol. The van der Waals surface area contributed by atoms with E-state index in [2.05, 4.69) is 20.8 Å². The van der Waals surface area contributed by atoms with Crippen molar-refractivity contribution >= 4 is 17.4 Å². The van der Waals surface area contributed by atoms with Gasteiger partial charge in [0.15, 0.2) is 0 Å². The van der Waals surface area contributed by atoms with E-state index in [0.29, 0.717) is 23.7 Å². The highest BCUT2D eigenvalue weighted by Gasteiger charge is 2.46. The second kappa shape index (κ2) is 11.0. The first-order valence-electron chi connectivity index (χ1n) is 13.2. The van der Waals surface area contributed by atoms with Crippen LogP contribution in [0.5, 0.6) is 11.5 Å². The van der Waals surface area contributed by atoms with Gasteiger partial charge >= 0.3 is 0 Å². The number of carbonyl (C=O) groups is 2. The Morgan fingerprint density at radius 1 is 1.00 bits per heavy atom. The maximum Gasteiger partial charge on any atom is 0.295 e. The van der Waals surface area contributed by atoms with E-state index < -0.39 is 17.7 Å². The van der Waals surface area contributed by atoms with Crippen molar-refractivity contribution in [3.05, 3.63) is 99.6 Å². The maximum absolute atomic E-state index is 13.6. The second-order valence-corrected chi connectivity index (χ2v) is 11.0. The van der Waals surface area contributed by atoms with Crippen molar-refractivity contribution in [3.8, 4) is 11.5 Å². The summed E-state index contributed by atoms with van der Waals surface area (Å²) in [5, 5.41) is 11.7. The van der Waals surface area contributed by atoms with Crippen molar-refractivity contribution in [3.63, 3.8) is 0 Å². The second-order valence-electron chi connectivity index (χ2n) is 11.0. The van der Waals surface area contributed by atoms with Gasteiger partial charge in [0.2, 0.25) is 0 Å². The predicted octanol–water partition coefficient (Wildman–Crippen LogP) is 6.63. The largest absolute Gasteiger partial charge is 0.507 e. The third kappa shape index (κ3) is 5.56. The minimum absolute atomic E-state index is 0.0489. The summed E-state index contributed by atoms with van der Waals surface area (Å²) in [5.74, 6) is -0.466. The van der Waals surface area contributed by atoms with Crippen LogP contribution in [-0.4, -0.2) is 35.4 Å². The smallest absolute Gasteiger partial charge is 0.295 e. The van der Waals surface area contributed by atoms with Gasteiger partial charge in [-0.2, -0.15) is 0 Å². The molecule has 1 saturated heterocycles. The molecule has 1 fully saturated rings. The lowest BCUT2D eigenvalue weighted by Crippen LogP contribution is -2.29. The first-order valence-corrected chi connectivity index (χ1v) is 13.2. The number of rotatable bonds is 7. The normalized spacial score (nSPS) is 17.0. The Morgan fingerprint density at radius 3 is 2.31 bits per heavy atom. The van der Waals surface area contributed by atoms with Gasteiger partial charge in [0, 0.05) is 6.54 Å². The third-order valence-corrected chi connectivity index (χ3v) is 7.07. The van der Waals surface area contributed by atoms with E-state index in [4.69, 9.17) is 9.47 Å². The van der Waals surface area contributed by atoms with Gasteiger partial charge < -0.3 is 19.5 Å². The average molecular weight is 528 g/mol. The molecule has 1 heterocycles. The van der Waals surface area contributed by atoms with E-state index in [9.17, 15) is 14.7 Å². The number of ketones is 1. The summed E-state index contributed by atoms with van der Waals surface area (Å²) in [6, 6.07) is 18.3. The molecule has 1 unspecified atom stereocenters. The van der Waals surface area contributed by atoms with E-state index >= 15 is 0 Å². The topological polar surface area (TPSA) is 76.1 Å². The fourth-order valence-corrected chi connectivity index (χ4v) is 5.20. The molecule has 1 amide bonds. The fraction of sp³-hybridized carbons (Fsp3) is 0.333.